The van der Waals surface area contributed by atoms with Crippen LogP contribution in [0.2, 0.25) is 0 Å². The first-order valence-electron chi connectivity index (χ1n) is 14.0. The molecular weight excluding hydrogens is 576 g/mol. The summed E-state index contributed by atoms with van der Waals surface area (Å²) in [5.41, 5.74) is 0.0143. The molecule has 1 aromatic carbocycles. The first kappa shape index (κ1) is 30.8. The standard InChI is InChI=1S/C29H35F2N9O4/c1-37(2)11-5-6-23(41)38-12-8-19(9-13-38)40-27-18(15-33-28(36-27)35-22-7-10-32-17-34-22)16-39(29(40)42)26-24(30)20(43-3)14-21(44-4)25(26)31/h5-7,10,14-15,17,19,29,42H,8-9,11-13,16H2,1-4H3,(H,32,33,34,35,36)/b6-5+. The maximum absolute atomic E-state index is 15.7. The second-order valence-corrected chi connectivity index (χ2v) is 10.6. The molecule has 0 saturated carbocycles. The number of ether oxygens (including phenoxy) is 2. The van der Waals surface area contributed by atoms with Crippen molar-refractivity contribution in [2.75, 3.05) is 63.1 Å². The molecule has 5 rings (SSSR count). The summed E-state index contributed by atoms with van der Waals surface area (Å²) < 4.78 is 41.6. The number of benzene rings is 1. The third-order valence-electron chi connectivity index (χ3n) is 7.51. The molecule has 15 heteroatoms. The molecule has 2 aliphatic rings. The lowest BCUT2D eigenvalue weighted by Gasteiger charge is -2.48. The highest BCUT2D eigenvalue weighted by atomic mass is 19.1. The number of hydrogen-bond acceptors (Lipinski definition) is 12. The van der Waals surface area contributed by atoms with E-state index in [1.165, 1.54) is 25.4 Å². The van der Waals surface area contributed by atoms with E-state index in [1.54, 1.807) is 34.3 Å². The Kier molecular flexibility index (Phi) is 9.35. The fourth-order valence-corrected chi connectivity index (χ4v) is 5.31. The zero-order valence-electron chi connectivity index (χ0n) is 24.9. The molecule has 1 amide bonds. The van der Waals surface area contributed by atoms with Crippen molar-refractivity contribution in [1.82, 2.24) is 29.7 Å². The first-order valence-corrected chi connectivity index (χ1v) is 14.0. The summed E-state index contributed by atoms with van der Waals surface area (Å²) in [5, 5.41) is 14.8. The van der Waals surface area contributed by atoms with Crippen molar-refractivity contribution in [1.29, 1.82) is 0 Å². The average Bonchev–Trinajstić information content (AvgIpc) is 3.02. The van der Waals surface area contributed by atoms with Crippen LogP contribution >= 0.6 is 0 Å². The van der Waals surface area contributed by atoms with Crippen molar-refractivity contribution in [2.45, 2.75) is 31.8 Å². The molecule has 0 radical (unpaired) electrons. The van der Waals surface area contributed by atoms with Gasteiger partial charge in [0, 0.05) is 55.8 Å². The molecule has 0 spiro atoms. The fourth-order valence-electron chi connectivity index (χ4n) is 5.31. The van der Waals surface area contributed by atoms with E-state index in [4.69, 9.17) is 14.5 Å². The molecule has 4 heterocycles. The molecule has 2 N–H and O–H groups in total. The van der Waals surface area contributed by atoms with Crippen LogP contribution in [-0.4, -0.2) is 101 Å². The molecule has 2 aliphatic heterocycles. The summed E-state index contributed by atoms with van der Waals surface area (Å²) in [5.74, 6) is -1.47. The van der Waals surface area contributed by atoms with Crippen molar-refractivity contribution in [2.24, 2.45) is 0 Å². The van der Waals surface area contributed by atoms with Crippen LogP contribution in [0.4, 0.5) is 32.1 Å². The maximum atomic E-state index is 15.7. The predicted molar refractivity (Wildman–Crippen MR) is 159 cm³/mol. The van der Waals surface area contributed by atoms with Gasteiger partial charge in [-0.15, -0.1) is 0 Å². The van der Waals surface area contributed by atoms with E-state index in [-0.39, 0.29) is 35.9 Å². The fraction of sp³-hybridized carbons (Fsp3) is 0.414. The second-order valence-electron chi connectivity index (χ2n) is 10.6. The van der Waals surface area contributed by atoms with Gasteiger partial charge in [0.05, 0.1) is 20.8 Å². The van der Waals surface area contributed by atoms with Crippen LogP contribution in [0.15, 0.2) is 43.0 Å². The highest BCUT2D eigenvalue weighted by molar-refractivity contribution is 5.87. The Morgan fingerprint density at radius 2 is 1.86 bits per heavy atom. The Morgan fingerprint density at radius 1 is 1.16 bits per heavy atom. The summed E-state index contributed by atoms with van der Waals surface area (Å²) >= 11 is 0. The van der Waals surface area contributed by atoms with Gasteiger partial charge in [0.2, 0.25) is 18.2 Å². The van der Waals surface area contributed by atoms with Crippen molar-refractivity contribution >= 4 is 29.2 Å². The van der Waals surface area contributed by atoms with Crippen molar-refractivity contribution < 1.29 is 28.2 Å². The predicted octanol–water partition coefficient (Wildman–Crippen LogP) is 2.52. The number of fused-ring (bicyclic) bond motifs is 1. The minimum atomic E-state index is -1.53. The minimum absolute atomic E-state index is 0.0993. The number of aromatic nitrogens is 4. The molecule has 0 bridgehead atoms. The number of carbonyl (C=O) groups excluding carboxylic acids is 1. The topological polar surface area (TPSA) is 132 Å². The maximum Gasteiger partial charge on any atom is 0.246 e. The lowest BCUT2D eigenvalue weighted by molar-refractivity contribution is -0.127. The number of methoxy groups -OCH3 is 2. The molecule has 13 nitrogen and oxygen atoms in total. The van der Waals surface area contributed by atoms with Crippen LogP contribution in [0.5, 0.6) is 11.5 Å². The van der Waals surface area contributed by atoms with Gasteiger partial charge < -0.3 is 39.5 Å². The van der Waals surface area contributed by atoms with E-state index < -0.39 is 23.7 Å². The van der Waals surface area contributed by atoms with Gasteiger partial charge in [-0.05, 0) is 33.0 Å². The van der Waals surface area contributed by atoms with Crippen LogP contribution in [0.3, 0.4) is 0 Å². The SMILES string of the molecule is COc1cc(OC)c(F)c(N2Cc3cnc(Nc4ccncn4)nc3N(C3CCN(C(=O)/C=C/CN(C)C)CC3)C2O)c1F. The minimum Gasteiger partial charge on any atom is -0.493 e. The van der Waals surface area contributed by atoms with E-state index in [0.29, 0.717) is 49.7 Å². The van der Waals surface area contributed by atoms with Crippen molar-refractivity contribution in [3.8, 4) is 11.5 Å². The molecular formula is C29H35F2N9O4. The van der Waals surface area contributed by atoms with E-state index >= 15 is 8.78 Å². The van der Waals surface area contributed by atoms with E-state index in [1.807, 2.05) is 25.1 Å². The van der Waals surface area contributed by atoms with Gasteiger partial charge in [-0.25, -0.2) is 23.7 Å². The van der Waals surface area contributed by atoms with Crippen molar-refractivity contribution in [3.63, 3.8) is 0 Å². The zero-order chi connectivity index (χ0) is 31.4. The monoisotopic (exact) mass is 611 g/mol. The van der Waals surface area contributed by atoms with Gasteiger partial charge >= 0.3 is 0 Å². The summed E-state index contributed by atoms with van der Waals surface area (Å²) in [6.45, 7) is 1.36. The van der Waals surface area contributed by atoms with E-state index in [2.05, 4.69) is 20.3 Å². The first-order chi connectivity index (χ1) is 21.2. The summed E-state index contributed by atoms with van der Waals surface area (Å²) in [7, 11) is 6.36. The summed E-state index contributed by atoms with van der Waals surface area (Å²) in [4.78, 5) is 36.4. The van der Waals surface area contributed by atoms with Gasteiger partial charge in [0.15, 0.2) is 23.1 Å². The number of aliphatic hydroxyl groups is 1. The molecule has 3 aromatic rings. The number of carbonyl (C=O) groups is 1. The molecule has 234 valence electrons. The highest BCUT2D eigenvalue weighted by Gasteiger charge is 2.41. The number of rotatable bonds is 9. The molecule has 1 fully saturated rings. The number of likely N-dealkylation sites (tertiary alicyclic amines) is 1. The number of aliphatic hydroxyl groups excluding tert-OH is 1. The number of piperidine rings is 1. The number of nitrogens with one attached hydrogen (secondary N) is 1. The third-order valence-corrected chi connectivity index (χ3v) is 7.51. The Bertz CT molecular complexity index is 1480. The Morgan fingerprint density at radius 3 is 2.48 bits per heavy atom. The smallest absolute Gasteiger partial charge is 0.246 e. The van der Waals surface area contributed by atoms with E-state index in [0.717, 1.165) is 6.07 Å². The molecule has 44 heavy (non-hydrogen) atoms. The Hall–Kier alpha value is -4.63. The van der Waals surface area contributed by atoms with Gasteiger partial charge in [-0.2, -0.15) is 4.98 Å². The lowest BCUT2D eigenvalue weighted by atomic mass is 10.0. The zero-order valence-corrected chi connectivity index (χ0v) is 24.9. The number of amides is 1. The second kappa shape index (κ2) is 13.3. The number of hydrogen-bond donors (Lipinski definition) is 2. The van der Waals surface area contributed by atoms with Crippen LogP contribution < -0.4 is 24.6 Å². The van der Waals surface area contributed by atoms with E-state index in [9.17, 15) is 9.90 Å². The average molecular weight is 612 g/mol. The molecule has 0 aliphatic carbocycles. The Labute approximate surface area is 253 Å². The largest absolute Gasteiger partial charge is 0.493 e. The molecule has 2 aromatic heterocycles. The number of nitrogens with zero attached hydrogens (tertiary/aromatic N) is 8. The molecule has 1 atom stereocenters. The highest BCUT2D eigenvalue weighted by Crippen LogP contribution is 2.42. The van der Waals surface area contributed by atoms with Crippen molar-refractivity contribution in [3.05, 3.63) is 60.2 Å². The van der Waals surface area contributed by atoms with Crippen LogP contribution in [0, 0.1) is 11.6 Å². The quantitative estimate of drug-likeness (QED) is 0.345. The number of anilines is 4. The lowest BCUT2D eigenvalue weighted by Crippen LogP contribution is -2.59. The third kappa shape index (κ3) is 6.33. The van der Waals surface area contributed by atoms with Gasteiger partial charge in [-0.3, -0.25) is 4.79 Å². The Balaban J connectivity index is 1.49. The number of halogens is 2. The molecule has 1 unspecified atom stereocenters. The van der Waals surface area contributed by atoms with Crippen LogP contribution in [0.25, 0.3) is 0 Å². The summed E-state index contributed by atoms with van der Waals surface area (Å²) in [6.07, 6.45) is 7.28. The van der Waals surface area contributed by atoms with Gasteiger partial charge in [-0.1, -0.05) is 6.08 Å². The van der Waals surface area contributed by atoms with Crippen LogP contribution in [-0.2, 0) is 11.3 Å². The number of likely N-dealkylation sites (N-methyl/N-ethyl adjacent to an activating group) is 1. The van der Waals surface area contributed by atoms with Gasteiger partial charge in [0.1, 0.15) is 23.7 Å². The van der Waals surface area contributed by atoms with Gasteiger partial charge in [0.25, 0.3) is 0 Å². The summed E-state index contributed by atoms with van der Waals surface area (Å²) in [6, 6.07) is 2.43. The normalized spacial score (nSPS) is 17.3. The van der Waals surface area contributed by atoms with Crippen LogP contribution in [0.1, 0.15) is 18.4 Å². The molecule has 1 saturated heterocycles.